The van der Waals surface area contributed by atoms with E-state index in [9.17, 15) is 14.7 Å². The number of ether oxygens (including phenoxy) is 2. The van der Waals surface area contributed by atoms with Gasteiger partial charge in [-0.2, -0.15) is 0 Å². The first-order valence-corrected chi connectivity index (χ1v) is 16.1. The molecule has 2 aromatic rings. The predicted molar refractivity (Wildman–Crippen MR) is 169 cm³/mol. The maximum Gasteiger partial charge on any atom is 0.337 e. The van der Waals surface area contributed by atoms with Gasteiger partial charge in [-0.05, 0) is 125 Å². The Bertz CT molecular complexity index is 1450. The summed E-state index contributed by atoms with van der Waals surface area (Å²) in [7, 11) is 0. The maximum absolute atomic E-state index is 13.7. The lowest BCUT2D eigenvalue weighted by Crippen LogP contribution is -2.34. The van der Waals surface area contributed by atoms with Crippen LogP contribution in [0.3, 0.4) is 0 Å². The second kappa shape index (κ2) is 12.4. The van der Waals surface area contributed by atoms with Gasteiger partial charge in [0.1, 0.15) is 5.75 Å². The summed E-state index contributed by atoms with van der Waals surface area (Å²) < 4.78 is 12.3. The highest BCUT2D eigenvalue weighted by atomic mass is 16.5. The molecule has 0 saturated heterocycles. The second-order valence-corrected chi connectivity index (χ2v) is 13.8. The summed E-state index contributed by atoms with van der Waals surface area (Å²) in [5, 5.41) is 13.8. The molecule has 2 N–H and O–H groups in total. The van der Waals surface area contributed by atoms with Gasteiger partial charge in [-0.25, -0.2) is 4.79 Å². The lowest BCUT2D eigenvalue weighted by atomic mass is 9.79. The summed E-state index contributed by atoms with van der Waals surface area (Å²) in [4.78, 5) is 31.5. The predicted octanol–water partition coefficient (Wildman–Crippen LogP) is 7.21. The molecule has 2 unspecified atom stereocenters. The number of carboxylic acids is 1. The molecule has 7 nitrogen and oxygen atoms in total. The van der Waals surface area contributed by atoms with Crippen molar-refractivity contribution in [3.05, 3.63) is 50.8 Å². The number of fused-ring (bicyclic) bond motifs is 2. The monoisotopic (exact) mass is 588 g/mol. The van der Waals surface area contributed by atoms with E-state index in [4.69, 9.17) is 14.5 Å². The Morgan fingerprint density at radius 3 is 2.53 bits per heavy atom. The number of benzene rings is 1. The number of carboxylic acid groups (broad SMARTS) is 1. The first kappa shape index (κ1) is 31.2. The maximum atomic E-state index is 13.7. The van der Waals surface area contributed by atoms with Crippen molar-refractivity contribution < 1.29 is 24.2 Å². The minimum Gasteiger partial charge on any atom is -0.493 e. The van der Waals surface area contributed by atoms with E-state index in [1.807, 2.05) is 33.8 Å². The van der Waals surface area contributed by atoms with E-state index >= 15 is 0 Å². The molecule has 3 aliphatic rings. The highest BCUT2D eigenvalue weighted by molar-refractivity contribution is 6.01. The fourth-order valence-corrected chi connectivity index (χ4v) is 7.17. The summed E-state index contributed by atoms with van der Waals surface area (Å²) in [6, 6.07) is 2.11. The number of carbonyl (C=O) groups is 2. The molecule has 5 rings (SSSR count). The van der Waals surface area contributed by atoms with Crippen molar-refractivity contribution in [2.24, 2.45) is 11.8 Å². The molecule has 1 aliphatic heterocycles. The van der Waals surface area contributed by atoms with Crippen LogP contribution in [0.15, 0.2) is 11.6 Å². The van der Waals surface area contributed by atoms with E-state index in [1.54, 1.807) is 0 Å². The molecule has 0 bridgehead atoms. The molecular weight excluding hydrogens is 540 g/mol. The van der Waals surface area contributed by atoms with E-state index in [1.165, 1.54) is 32.1 Å². The summed E-state index contributed by atoms with van der Waals surface area (Å²) >= 11 is 0. The van der Waals surface area contributed by atoms with Crippen LogP contribution in [0.1, 0.15) is 112 Å². The molecule has 2 heterocycles. The fourth-order valence-electron chi connectivity index (χ4n) is 7.17. The number of nitrogens with zero attached hydrogens (tertiary/aromatic N) is 1. The molecule has 232 valence electrons. The third kappa shape index (κ3) is 6.52. The molecule has 1 aromatic heterocycles. The van der Waals surface area contributed by atoms with E-state index in [0.29, 0.717) is 36.7 Å². The van der Waals surface area contributed by atoms with Crippen LogP contribution in [0.2, 0.25) is 0 Å². The van der Waals surface area contributed by atoms with Crippen LogP contribution < -0.4 is 10.1 Å². The quantitative estimate of drug-likeness (QED) is 0.355. The largest absolute Gasteiger partial charge is 0.493 e. The zero-order valence-corrected chi connectivity index (χ0v) is 27.0. The number of pyridine rings is 1. The molecule has 7 heteroatoms. The van der Waals surface area contributed by atoms with Crippen LogP contribution >= 0.6 is 0 Å². The normalized spacial score (nSPS) is 19.5. The molecule has 0 spiro atoms. The number of aromatic nitrogens is 1. The Hall–Kier alpha value is -3.19. The van der Waals surface area contributed by atoms with Crippen LogP contribution in [-0.4, -0.2) is 40.7 Å². The summed E-state index contributed by atoms with van der Waals surface area (Å²) in [5.41, 5.74) is 7.94. The lowest BCUT2D eigenvalue weighted by molar-refractivity contribution is -0.160. The van der Waals surface area contributed by atoms with Crippen molar-refractivity contribution in [3.8, 4) is 16.9 Å². The van der Waals surface area contributed by atoms with E-state index in [2.05, 4.69) is 32.2 Å². The Balaban J connectivity index is 1.70. The van der Waals surface area contributed by atoms with Crippen molar-refractivity contribution >= 4 is 18.0 Å². The second-order valence-electron chi connectivity index (χ2n) is 13.8. The molecule has 2 aliphatic carbocycles. The van der Waals surface area contributed by atoms with Gasteiger partial charge in [0.05, 0.1) is 12.2 Å². The van der Waals surface area contributed by atoms with Gasteiger partial charge in [-0.3, -0.25) is 9.78 Å². The van der Waals surface area contributed by atoms with E-state index in [-0.39, 0.29) is 11.8 Å². The van der Waals surface area contributed by atoms with Crippen LogP contribution in [0, 0.1) is 32.6 Å². The SMILES string of the molecule is Cc1cc(-c2c3c(nc(C)c2C(OC(C)(C)C)C(=O)O)CC(C)C(C(=O)NCC2CCCCC2)=C3)c(C)c2c1OCCC2. The summed E-state index contributed by atoms with van der Waals surface area (Å²) in [5.74, 6) is 0.358. The molecule has 2 atom stereocenters. The minimum absolute atomic E-state index is 0.00897. The summed E-state index contributed by atoms with van der Waals surface area (Å²) in [6.45, 7) is 15.1. The highest BCUT2D eigenvalue weighted by Gasteiger charge is 2.36. The third-order valence-corrected chi connectivity index (χ3v) is 9.31. The molecule has 1 aromatic carbocycles. The Kier molecular flexibility index (Phi) is 9.03. The first-order chi connectivity index (χ1) is 20.4. The zero-order valence-electron chi connectivity index (χ0n) is 27.0. The van der Waals surface area contributed by atoms with Gasteiger partial charge < -0.3 is 19.9 Å². The van der Waals surface area contributed by atoms with Gasteiger partial charge in [-0.1, -0.05) is 26.2 Å². The molecular formula is C36H48N2O5. The summed E-state index contributed by atoms with van der Waals surface area (Å²) in [6.07, 6.45) is 9.28. The number of aryl methyl sites for hydroxylation is 2. The van der Waals surface area contributed by atoms with Crippen molar-refractivity contribution in [1.82, 2.24) is 10.3 Å². The third-order valence-electron chi connectivity index (χ3n) is 9.31. The topological polar surface area (TPSA) is 97.8 Å². The Morgan fingerprint density at radius 1 is 1.14 bits per heavy atom. The van der Waals surface area contributed by atoms with Crippen molar-refractivity contribution in [1.29, 1.82) is 0 Å². The zero-order chi connectivity index (χ0) is 31.1. The molecule has 1 amide bonds. The smallest absolute Gasteiger partial charge is 0.337 e. The van der Waals surface area contributed by atoms with E-state index in [0.717, 1.165) is 63.2 Å². The van der Waals surface area contributed by atoms with Gasteiger partial charge in [0.15, 0.2) is 6.10 Å². The Morgan fingerprint density at radius 2 is 1.86 bits per heavy atom. The van der Waals surface area contributed by atoms with Gasteiger partial charge in [0.2, 0.25) is 5.91 Å². The number of aliphatic carboxylic acids is 1. The molecule has 1 fully saturated rings. The van der Waals surface area contributed by atoms with Crippen LogP contribution in [-0.2, 0) is 27.2 Å². The number of hydrogen-bond acceptors (Lipinski definition) is 5. The minimum atomic E-state index is -1.23. The number of rotatable bonds is 7. The van der Waals surface area contributed by atoms with Crippen LogP contribution in [0.5, 0.6) is 5.75 Å². The fraction of sp³-hybridized carbons (Fsp3) is 0.583. The number of hydrogen-bond donors (Lipinski definition) is 2. The van der Waals surface area contributed by atoms with Crippen LogP contribution in [0.25, 0.3) is 17.2 Å². The van der Waals surface area contributed by atoms with Crippen molar-refractivity contribution in [2.45, 2.75) is 112 Å². The van der Waals surface area contributed by atoms with Crippen molar-refractivity contribution in [2.75, 3.05) is 13.2 Å². The van der Waals surface area contributed by atoms with Gasteiger partial charge >= 0.3 is 5.97 Å². The number of nitrogens with one attached hydrogen (secondary N) is 1. The van der Waals surface area contributed by atoms with Gasteiger partial charge in [0, 0.05) is 34.6 Å². The van der Waals surface area contributed by atoms with Crippen molar-refractivity contribution in [3.63, 3.8) is 0 Å². The number of carbonyl (C=O) groups excluding carboxylic acids is 1. The first-order valence-electron chi connectivity index (χ1n) is 16.1. The van der Waals surface area contributed by atoms with E-state index < -0.39 is 17.7 Å². The Labute approximate surface area is 256 Å². The average Bonchev–Trinajstić information content (AvgIpc) is 2.96. The van der Waals surface area contributed by atoms with Gasteiger partial charge in [0.25, 0.3) is 0 Å². The van der Waals surface area contributed by atoms with Crippen LogP contribution in [0.4, 0.5) is 0 Å². The standard InChI is InChI=1S/C36H48N2O5/c1-20-17-29-28(18-26(20)34(39)37-19-24-12-9-8-10-13-24)31(27-16-21(2)32-25(22(27)3)14-11-15-42-32)30(23(4)38-29)33(35(40)41)43-36(5,6)7/h16,18,20,24,33H,8-15,17,19H2,1-7H3,(H,37,39)(H,40,41). The number of amides is 1. The van der Waals surface area contributed by atoms with Gasteiger partial charge in [-0.15, -0.1) is 0 Å². The highest BCUT2D eigenvalue weighted by Crippen LogP contribution is 2.46. The average molecular weight is 589 g/mol. The molecule has 0 radical (unpaired) electrons. The molecule has 1 saturated carbocycles. The lowest BCUT2D eigenvalue weighted by Gasteiger charge is -2.32. The molecule has 43 heavy (non-hydrogen) atoms.